The number of hydrogen-bond acceptors (Lipinski definition) is 2. The number of carbonyl (C=O) groups excluding carboxylic acids is 1. The second-order valence-electron chi connectivity index (χ2n) is 5.50. The highest BCUT2D eigenvalue weighted by Crippen LogP contribution is 2.26. The fourth-order valence-electron chi connectivity index (χ4n) is 2.43. The van der Waals surface area contributed by atoms with Gasteiger partial charge in [-0.2, -0.15) is 0 Å². The Balaban J connectivity index is 1.68. The smallest absolute Gasteiger partial charge is 0.319 e. The molecule has 2 amide bonds. The molecule has 0 bridgehead atoms. The van der Waals surface area contributed by atoms with E-state index in [0.29, 0.717) is 6.04 Å². The summed E-state index contributed by atoms with van der Waals surface area (Å²) >= 11 is 0. The Morgan fingerprint density at radius 2 is 1.68 bits per heavy atom. The first kappa shape index (κ1) is 14.4. The molecule has 1 fully saturated rings. The molecular weight excluding hydrogens is 274 g/mol. The van der Waals surface area contributed by atoms with Crippen molar-refractivity contribution in [2.75, 3.05) is 16.8 Å². The Morgan fingerprint density at radius 3 is 2.27 bits per heavy atom. The van der Waals surface area contributed by atoms with Crippen molar-refractivity contribution in [2.24, 2.45) is 0 Å². The molecule has 0 atom stereocenters. The first-order chi connectivity index (χ1) is 10.8. The molecule has 2 aromatic rings. The molecule has 4 nitrogen and oxygen atoms in total. The molecule has 1 saturated carbocycles. The number of rotatable bonds is 5. The van der Waals surface area contributed by atoms with Crippen LogP contribution >= 0.6 is 0 Å². The molecule has 22 heavy (non-hydrogen) atoms. The number of urea groups is 1. The van der Waals surface area contributed by atoms with Gasteiger partial charge in [0, 0.05) is 29.6 Å². The van der Waals surface area contributed by atoms with E-state index in [1.807, 2.05) is 42.5 Å². The number of para-hydroxylation sites is 1. The summed E-state index contributed by atoms with van der Waals surface area (Å²) < 4.78 is 0. The lowest BCUT2D eigenvalue weighted by Crippen LogP contribution is -2.30. The maximum atomic E-state index is 11.7. The third-order valence-electron chi connectivity index (χ3n) is 3.73. The van der Waals surface area contributed by atoms with Crippen molar-refractivity contribution in [3.8, 4) is 0 Å². The van der Waals surface area contributed by atoms with E-state index in [9.17, 15) is 4.79 Å². The predicted octanol–water partition coefficient (Wildman–Crippen LogP) is 4.13. The van der Waals surface area contributed by atoms with E-state index in [1.165, 1.54) is 0 Å². The third-order valence-corrected chi connectivity index (χ3v) is 3.73. The van der Waals surface area contributed by atoms with Crippen LogP contribution in [0.3, 0.4) is 0 Å². The van der Waals surface area contributed by atoms with Crippen LogP contribution in [-0.2, 0) is 0 Å². The average Bonchev–Trinajstić information content (AvgIpc) is 3.34. The fourth-order valence-corrected chi connectivity index (χ4v) is 2.43. The quantitative estimate of drug-likeness (QED) is 0.871. The Labute approximate surface area is 131 Å². The van der Waals surface area contributed by atoms with Crippen molar-refractivity contribution in [3.05, 3.63) is 54.6 Å². The summed E-state index contributed by atoms with van der Waals surface area (Å²) in [6.45, 7) is 3.02. The van der Waals surface area contributed by atoms with Crippen LogP contribution in [0.2, 0.25) is 0 Å². The molecule has 2 N–H and O–H groups in total. The van der Waals surface area contributed by atoms with Crippen LogP contribution in [0.5, 0.6) is 0 Å². The van der Waals surface area contributed by atoms with Gasteiger partial charge in [0.15, 0.2) is 0 Å². The van der Waals surface area contributed by atoms with Gasteiger partial charge < -0.3 is 15.5 Å². The highest BCUT2D eigenvalue weighted by molar-refractivity contribution is 5.89. The van der Waals surface area contributed by atoms with Crippen molar-refractivity contribution in [1.82, 2.24) is 5.32 Å². The molecule has 1 aliphatic rings. The predicted molar refractivity (Wildman–Crippen MR) is 90.7 cm³/mol. The number of hydrogen-bond donors (Lipinski definition) is 2. The fraction of sp³-hybridized carbons (Fsp3) is 0.278. The zero-order valence-electron chi connectivity index (χ0n) is 12.8. The maximum absolute atomic E-state index is 11.7. The number of carbonyl (C=O) groups is 1. The van der Waals surface area contributed by atoms with Gasteiger partial charge >= 0.3 is 6.03 Å². The average molecular weight is 295 g/mol. The summed E-state index contributed by atoms with van der Waals surface area (Å²) in [7, 11) is 0. The minimum atomic E-state index is -0.120. The monoisotopic (exact) mass is 295 g/mol. The molecule has 0 heterocycles. The van der Waals surface area contributed by atoms with Gasteiger partial charge in [0.2, 0.25) is 0 Å². The van der Waals surface area contributed by atoms with Crippen LogP contribution in [0.25, 0.3) is 0 Å². The van der Waals surface area contributed by atoms with Gasteiger partial charge in [-0.25, -0.2) is 4.79 Å². The summed E-state index contributed by atoms with van der Waals surface area (Å²) in [5.41, 5.74) is 3.09. The molecule has 0 aliphatic heterocycles. The highest BCUT2D eigenvalue weighted by atomic mass is 16.2. The summed E-state index contributed by atoms with van der Waals surface area (Å²) in [4.78, 5) is 14.0. The first-order valence-corrected chi connectivity index (χ1v) is 7.76. The number of amides is 2. The van der Waals surface area contributed by atoms with Crippen LogP contribution in [-0.4, -0.2) is 18.6 Å². The molecule has 114 valence electrons. The summed E-state index contributed by atoms with van der Waals surface area (Å²) in [5.74, 6) is 0. The third kappa shape index (κ3) is 3.58. The van der Waals surface area contributed by atoms with Gasteiger partial charge in [0.1, 0.15) is 0 Å². The number of benzene rings is 2. The van der Waals surface area contributed by atoms with E-state index in [-0.39, 0.29) is 6.03 Å². The van der Waals surface area contributed by atoms with Crippen LogP contribution < -0.4 is 15.5 Å². The molecule has 1 aliphatic carbocycles. The van der Waals surface area contributed by atoms with Gasteiger partial charge in [0.25, 0.3) is 0 Å². The maximum Gasteiger partial charge on any atom is 0.319 e. The molecule has 0 aromatic heterocycles. The Kier molecular flexibility index (Phi) is 4.28. The molecule has 2 aromatic carbocycles. The lowest BCUT2D eigenvalue weighted by Gasteiger charge is -2.23. The minimum absolute atomic E-state index is 0.120. The highest BCUT2D eigenvalue weighted by Gasteiger charge is 2.23. The van der Waals surface area contributed by atoms with Crippen molar-refractivity contribution in [2.45, 2.75) is 25.8 Å². The number of nitrogens with one attached hydrogen (secondary N) is 2. The molecular formula is C18H21N3O. The van der Waals surface area contributed by atoms with Crippen molar-refractivity contribution < 1.29 is 4.79 Å². The Morgan fingerprint density at radius 1 is 1.05 bits per heavy atom. The van der Waals surface area contributed by atoms with Gasteiger partial charge in [-0.1, -0.05) is 18.2 Å². The van der Waals surface area contributed by atoms with E-state index in [4.69, 9.17) is 0 Å². The molecule has 4 heteroatoms. The van der Waals surface area contributed by atoms with Gasteiger partial charge in [-0.3, -0.25) is 0 Å². The van der Waals surface area contributed by atoms with E-state index in [2.05, 4.69) is 34.6 Å². The molecule has 3 rings (SSSR count). The lowest BCUT2D eigenvalue weighted by molar-refractivity contribution is 0.251. The molecule has 0 radical (unpaired) electrons. The van der Waals surface area contributed by atoms with Crippen molar-refractivity contribution >= 4 is 23.1 Å². The minimum Gasteiger partial charge on any atom is -0.342 e. The van der Waals surface area contributed by atoms with Crippen molar-refractivity contribution in [1.29, 1.82) is 0 Å². The zero-order valence-corrected chi connectivity index (χ0v) is 12.8. The second-order valence-corrected chi connectivity index (χ2v) is 5.50. The second kappa shape index (κ2) is 6.52. The van der Waals surface area contributed by atoms with E-state index >= 15 is 0 Å². The van der Waals surface area contributed by atoms with Gasteiger partial charge in [-0.15, -0.1) is 0 Å². The van der Waals surface area contributed by atoms with Crippen LogP contribution in [0.15, 0.2) is 54.6 Å². The molecule has 0 saturated heterocycles. The van der Waals surface area contributed by atoms with Crippen molar-refractivity contribution in [3.63, 3.8) is 0 Å². The van der Waals surface area contributed by atoms with Crippen LogP contribution in [0, 0.1) is 0 Å². The SMILES string of the molecule is CCN(c1ccccc1)c1ccc(NC(=O)NC2CC2)cc1. The largest absolute Gasteiger partial charge is 0.342 e. The zero-order chi connectivity index (χ0) is 15.4. The van der Waals surface area contributed by atoms with E-state index in [1.54, 1.807) is 0 Å². The van der Waals surface area contributed by atoms with Crippen LogP contribution in [0.4, 0.5) is 21.9 Å². The Hall–Kier alpha value is -2.49. The standard InChI is InChI=1S/C18H21N3O/c1-2-21(16-6-4-3-5-7-16)17-12-10-15(11-13-17)20-18(22)19-14-8-9-14/h3-7,10-14H,2,8-9H2,1H3,(H2,19,20,22). The molecule has 0 spiro atoms. The summed E-state index contributed by atoms with van der Waals surface area (Å²) in [6.07, 6.45) is 2.18. The van der Waals surface area contributed by atoms with Crippen LogP contribution in [0.1, 0.15) is 19.8 Å². The van der Waals surface area contributed by atoms with E-state index < -0.39 is 0 Å². The normalized spacial score (nSPS) is 13.5. The summed E-state index contributed by atoms with van der Waals surface area (Å²) in [6, 6.07) is 18.5. The lowest BCUT2D eigenvalue weighted by atomic mass is 10.2. The Bertz CT molecular complexity index is 621. The van der Waals surface area contributed by atoms with E-state index in [0.717, 1.165) is 36.4 Å². The van der Waals surface area contributed by atoms with Gasteiger partial charge in [0.05, 0.1) is 0 Å². The number of nitrogens with zero attached hydrogens (tertiary/aromatic N) is 1. The topological polar surface area (TPSA) is 44.4 Å². The molecule has 0 unspecified atom stereocenters. The summed E-state index contributed by atoms with van der Waals surface area (Å²) in [5, 5.41) is 5.78. The first-order valence-electron chi connectivity index (χ1n) is 7.76. The number of anilines is 3. The van der Waals surface area contributed by atoms with Gasteiger partial charge in [-0.05, 0) is 56.2 Å².